The first-order valence-corrected chi connectivity index (χ1v) is 8.29. The Hall–Kier alpha value is -3.66. The lowest BCUT2D eigenvalue weighted by Gasteiger charge is -2.08. The summed E-state index contributed by atoms with van der Waals surface area (Å²) in [6.07, 6.45) is 1.58. The zero-order valence-corrected chi connectivity index (χ0v) is 14.7. The number of nitrogens with zero attached hydrogens (tertiary/aromatic N) is 5. The van der Waals surface area contributed by atoms with Crippen LogP contribution in [0.25, 0.3) is 5.65 Å². The molecule has 11 heteroatoms. The Kier molecular flexibility index (Phi) is 4.32. The number of carbonyl (C=O) groups is 1. The molecule has 2 N–H and O–H groups in total. The summed E-state index contributed by atoms with van der Waals surface area (Å²) in [4.78, 5) is 28.8. The van der Waals surface area contributed by atoms with E-state index >= 15 is 0 Å². The second-order valence-corrected chi connectivity index (χ2v) is 6.26. The molecule has 0 amide bonds. The van der Waals surface area contributed by atoms with Crippen molar-refractivity contribution in [1.82, 2.24) is 30.0 Å². The molecule has 0 radical (unpaired) electrons. The molecule has 0 aliphatic heterocycles. The monoisotopic (exact) mass is 400 g/mol. The fraction of sp³-hybridized carbons (Fsp3) is 0.0588. The zero-order valence-electron chi connectivity index (χ0n) is 13.9. The number of aromatic amines is 1. The molecule has 9 nitrogen and oxygen atoms in total. The molecule has 28 heavy (non-hydrogen) atoms. The van der Waals surface area contributed by atoms with Gasteiger partial charge in [-0.25, -0.2) is 14.5 Å². The van der Waals surface area contributed by atoms with Crippen LogP contribution in [0.15, 0.2) is 41.3 Å². The third-order valence-corrected chi connectivity index (χ3v) is 4.35. The summed E-state index contributed by atoms with van der Waals surface area (Å²) in [5.41, 5.74) is -0.280. The van der Waals surface area contributed by atoms with Crippen molar-refractivity contribution < 1.29 is 14.3 Å². The number of tetrazole rings is 1. The topological polar surface area (TPSA) is 126 Å². The van der Waals surface area contributed by atoms with Crippen LogP contribution in [0.5, 0.6) is 5.75 Å². The maximum absolute atomic E-state index is 14.1. The number of carbonyl (C=O) groups excluding carboxylic acids is 1. The Labute approximate surface area is 160 Å². The smallest absolute Gasteiger partial charge is 0.300 e. The predicted molar refractivity (Wildman–Crippen MR) is 95.0 cm³/mol. The van der Waals surface area contributed by atoms with Gasteiger partial charge in [0.25, 0.3) is 5.78 Å². The van der Waals surface area contributed by atoms with E-state index in [9.17, 15) is 19.1 Å². The minimum Gasteiger partial charge on any atom is -0.501 e. The molecule has 0 aliphatic rings. The van der Waals surface area contributed by atoms with Crippen molar-refractivity contribution >= 4 is 23.0 Å². The highest BCUT2D eigenvalue weighted by atomic mass is 35.5. The molecule has 0 atom stereocenters. The van der Waals surface area contributed by atoms with Gasteiger partial charge in [-0.2, -0.15) is 0 Å². The summed E-state index contributed by atoms with van der Waals surface area (Å²) in [7, 11) is 0. The Balaban J connectivity index is 1.78. The number of fused-ring (bicyclic) bond motifs is 1. The van der Waals surface area contributed by atoms with Crippen LogP contribution in [-0.2, 0) is 6.42 Å². The van der Waals surface area contributed by atoms with Crippen molar-refractivity contribution in [1.29, 1.82) is 0 Å². The van der Waals surface area contributed by atoms with E-state index in [1.54, 1.807) is 18.2 Å². The van der Waals surface area contributed by atoms with E-state index in [0.29, 0.717) is 11.1 Å². The molecule has 0 unspecified atom stereocenters. The van der Waals surface area contributed by atoms with Gasteiger partial charge < -0.3 is 5.11 Å². The van der Waals surface area contributed by atoms with Crippen LogP contribution in [0.2, 0.25) is 5.02 Å². The van der Waals surface area contributed by atoms with Crippen molar-refractivity contribution in [3.05, 3.63) is 80.4 Å². The second-order valence-electron chi connectivity index (χ2n) is 5.85. The zero-order chi connectivity index (χ0) is 19.8. The third-order valence-electron chi connectivity index (χ3n) is 4.06. The summed E-state index contributed by atoms with van der Waals surface area (Å²) in [5, 5.41) is 22.4. The van der Waals surface area contributed by atoms with Crippen molar-refractivity contribution in [2.75, 3.05) is 0 Å². The maximum Gasteiger partial charge on any atom is 0.300 e. The van der Waals surface area contributed by atoms with Gasteiger partial charge in [0.15, 0.2) is 5.69 Å². The number of aromatic hydroxyl groups is 1. The number of benzene rings is 1. The second kappa shape index (κ2) is 6.82. The number of hydrogen-bond donors (Lipinski definition) is 2. The van der Waals surface area contributed by atoms with Crippen LogP contribution in [0.4, 0.5) is 4.39 Å². The summed E-state index contributed by atoms with van der Waals surface area (Å²) in [6.45, 7) is 0. The van der Waals surface area contributed by atoms with Crippen LogP contribution in [0.1, 0.15) is 27.4 Å². The van der Waals surface area contributed by atoms with E-state index < -0.39 is 28.6 Å². The molecular formula is C17H10ClFN6O3. The average Bonchev–Trinajstić information content (AvgIpc) is 3.23. The summed E-state index contributed by atoms with van der Waals surface area (Å²) in [6, 6.07) is 7.75. The molecule has 1 aromatic carbocycles. The van der Waals surface area contributed by atoms with Gasteiger partial charge in [-0.3, -0.25) is 14.0 Å². The lowest BCUT2D eigenvalue weighted by Crippen LogP contribution is -2.20. The lowest BCUT2D eigenvalue weighted by atomic mass is 10.1. The van der Waals surface area contributed by atoms with Crippen molar-refractivity contribution in [3.8, 4) is 5.75 Å². The first kappa shape index (κ1) is 17.7. The number of ketones is 1. The molecule has 3 aromatic heterocycles. The highest BCUT2D eigenvalue weighted by Crippen LogP contribution is 2.21. The molecule has 0 saturated heterocycles. The van der Waals surface area contributed by atoms with Crippen molar-refractivity contribution in [2.24, 2.45) is 0 Å². The molecule has 0 spiro atoms. The first-order valence-electron chi connectivity index (χ1n) is 7.91. The van der Waals surface area contributed by atoms with Crippen molar-refractivity contribution in [2.45, 2.75) is 6.42 Å². The number of hydrogen-bond acceptors (Lipinski definition) is 7. The predicted octanol–water partition coefficient (Wildman–Crippen LogP) is 1.53. The number of pyridine rings is 1. The number of H-pyrrole nitrogens is 1. The van der Waals surface area contributed by atoms with E-state index in [0.717, 1.165) is 4.40 Å². The van der Waals surface area contributed by atoms with Gasteiger partial charge in [0.1, 0.15) is 11.5 Å². The van der Waals surface area contributed by atoms with Crippen LogP contribution >= 0.6 is 11.6 Å². The van der Waals surface area contributed by atoms with Crippen LogP contribution in [0, 0.1) is 5.82 Å². The summed E-state index contributed by atoms with van der Waals surface area (Å²) < 4.78 is 15.2. The highest BCUT2D eigenvalue weighted by molar-refractivity contribution is 6.30. The van der Waals surface area contributed by atoms with Crippen LogP contribution < -0.4 is 5.56 Å². The summed E-state index contributed by atoms with van der Waals surface area (Å²) in [5.74, 6) is -2.48. The minimum atomic E-state index is -0.853. The molecule has 140 valence electrons. The summed E-state index contributed by atoms with van der Waals surface area (Å²) >= 11 is 5.79. The average molecular weight is 401 g/mol. The van der Waals surface area contributed by atoms with Gasteiger partial charge in [-0.1, -0.05) is 29.8 Å². The standard InChI is InChI=1S/C17H10ClFN6O3/c18-10-3-1-2-9(12(10)19)6-8-4-5-11-20-13(14(26)16-21-23-24-22-16)15(27)17(28)25(11)7-8/h1-5,7,27H,6H2,(H,21,22,23,24). The van der Waals surface area contributed by atoms with Gasteiger partial charge in [0, 0.05) is 12.6 Å². The highest BCUT2D eigenvalue weighted by Gasteiger charge is 2.22. The largest absolute Gasteiger partial charge is 0.501 e. The van der Waals surface area contributed by atoms with Gasteiger partial charge in [-0.05, 0) is 33.7 Å². The number of aromatic nitrogens is 6. The van der Waals surface area contributed by atoms with Gasteiger partial charge in [0.05, 0.1) is 5.02 Å². The van der Waals surface area contributed by atoms with E-state index in [1.165, 1.54) is 18.3 Å². The molecule has 0 fully saturated rings. The van der Waals surface area contributed by atoms with Gasteiger partial charge in [0.2, 0.25) is 11.6 Å². The number of rotatable bonds is 4. The minimum absolute atomic E-state index is 0.000160. The molecule has 4 aromatic rings. The number of halogens is 2. The Morgan fingerprint density at radius 1 is 1.29 bits per heavy atom. The van der Waals surface area contributed by atoms with E-state index in [1.807, 2.05) is 0 Å². The molecular weight excluding hydrogens is 391 g/mol. The molecule has 4 rings (SSSR count). The van der Waals surface area contributed by atoms with E-state index in [-0.39, 0.29) is 22.9 Å². The number of nitrogens with one attached hydrogen (secondary N) is 1. The molecule has 3 heterocycles. The fourth-order valence-electron chi connectivity index (χ4n) is 2.71. The third kappa shape index (κ3) is 2.99. The Morgan fingerprint density at radius 3 is 2.86 bits per heavy atom. The molecule has 0 bridgehead atoms. The lowest BCUT2D eigenvalue weighted by molar-refractivity contribution is 0.102. The fourth-order valence-corrected chi connectivity index (χ4v) is 2.90. The Bertz CT molecular complexity index is 1270. The molecule has 0 saturated carbocycles. The van der Waals surface area contributed by atoms with E-state index in [2.05, 4.69) is 25.6 Å². The van der Waals surface area contributed by atoms with Crippen LogP contribution in [-0.4, -0.2) is 40.9 Å². The van der Waals surface area contributed by atoms with E-state index in [4.69, 9.17) is 11.6 Å². The van der Waals surface area contributed by atoms with Gasteiger partial charge in [-0.15, -0.1) is 5.10 Å². The van der Waals surface area contributed by atoms with Crippen LogP contribution in [0.3, 0.4) is 0 Å². The maximum atomic E-state index is 14.1. The quantitative estimate of drug-likeness (QED) is 0.497. The normalized spacial score (nSPS) is 11.1. The van der Waals surface area contributed by atoms with Crippen molar-refractivity contribution in [3.63, 3.8) is 0 Å². The first-order chi connectivity index (χ1) is 13.5. The molecule has 0 aliphatic carbocycles. The Morgan fingerprint density at radius 2 is 2.11 bits per heavy atom. The SMILES string of the molecule is O=C(c1nnn[nH]1)c1nc2ccc(Cc3cccc(Cl)c3F)cn2c(=O)c1O. The van der Waals surface area contributed by atoms with Gasteiger partial charge >= 0.3 is 5.56 Å².